The van der Waals surface area contributed by atoms with Crippen molar-refractivity contribution in [3.05, 3.63) is 41.4 Å². The summed E-state index contributed by atoms with van der Waals surface area (Å²) in [7, 11) is 0. The van der Waals surface area contributed by atoms with E-state index in [0.717, 1.165) is 5.56 Å². The summed E-state index contributed by atoms with van der Waals surface area (Å²) in [6.45, 7) is 6.30. The van der Waals surface area contributed by atoms with Crippen LogP contribution in [0.25, 0.3) is 11.3 Å². The van der Waals surface area contributed by atoms with Crippen molar-refractivity contribution in [2.45, 2.75) is 45.6 Å². The van der Waals surface area contributed by atoms with E-state index in [-0.39, 0.29) is 12.3 Å². The van der Waals surface area contributed by atoms with Gasteiger partial charge in [-0.15, -0.1) is 0 Å². The van der Waals surface area contributed by atoms with Crippen molar-refractivity contribution in [2.24, 2.45) is 0 Å². The number of aromatic nitrogens is 1. The molecule has 7 nitrogen and oxygen atoms in total. The maximum atomic E-state index is 11.9. The Labute approximate surface area is 169 Å². The molecule has 8 heteroatoms. The molecule has 0 fully saturated rings. The molecule has 28 heavy (non-hydrogen) atoms. The monoisotopic (exact) mass is 407 g/mol. The van der Waals surface area contributed by atoms with Crippen LogP contribution in [0.4, 0.5) is 4.79 Å². The highest BCUT2D eigenvalue weighted by Gasteiger charge is 2.15. The Balaban J connectivity index is 1.64. The Kier molecular flexibility index (Phi) is 7.87. The number of nitrogens with zero attached hydrogens (tertiary/aromatic N) is 1. The molecule has 0 aliphatic carbocycles. The highest BCUT2D eigenvalue weighted by Crippen LogP contribution is 2.28. The van der Waals surface area contributed by atoms with Gasteiger partial charge in [-0.25, -0.2) is 9.78 Å². The van der Waals surface area contributed by atoms with Crippen LogP contribution in [0.1, 0.15) is 39.5 Å². The number of alkyl carbamates (subject to hydrolysis) is 1. The largest absolute Gasteiger partial charge is 0.444 e. The lowest BCUT2D eigenvalue weighted by Gasteiger charge is -2.19. The van der Waals surface area contributed by atoms with Crippen LogP contribution in [-0.2, 0) is 16.0 Å². The Morgan fingerprint density at radius 3 is 2.61 bits per heavy atom. The number of rotatable bonds is 8. The third-order valence-electron chi connectivity index (χ3n) is 3.60. The number of hydrogen-bond donors (Lipinski definition) is 2. The van der Waals surface area contributed by atoms with Crippen LogP contribution in [0, 0.1) is 0 Å². The van der Waals surface area contributed by atoms with Crippen LogP contribution < -0.4 is 10.6 Å². The standard InChI is InChI=1S/C20H26ClN3O4/c1-20(2,3)28-19(26)23-12-6-11-22-17(25)9-10-18-24-13-16(27-18)14-7-4-5-8-15(14)21/h4-5,7-8,13H,6,9-12H2,1-3H3,(H,22,25)(H,23,26). The van der Waals surface area contributed by atoms with Gasteiger partial charge in [-0.3, -0.25) is 4.79 Å². The Morgan fingerprint density at radius 2 is 1.89 bits per heavy atom. The molecule has 1 aromatic carbocycles. The van der Waals surface area contributed by atoms with Crippen LogP contribution in [0.15, 0.2) is 34.9 Å². The zero-order valence-electron chi connectivity index (χ0n) is 16.4. The molecule has 2 N–H and O–H groups in total. The molecule has 2 rings (SSSR count). The minimum absolute atomic E-state index is 0.102. The molecular weight excluding hydrogens is 382 g/mol. The van der Waals surface area contributed by atoms with Gasteiger partial charge in [0, 0.05) is 31.5 Å². The third-order valence-corrected chi connectivity index (χ3v) is 3.93. The van der Waals surface area contributed by atoms with Crippen LogP contribution >= 0.6 is 11.6 Å². The number of aryl methyl sites for hydroxylation is 1. The Morgan fingerprint density at radius 1 is 1.18 bits per heavy atom. The number of nitrogens with one attached hydrogen (secondary N) is 2. The van der Waals surface area contributed by atoms with E-state index in [1.165, 1.54) is 0 Å². The van der Waals surface area contributed by atoms with Crippen molar-refractivity contribution in [2.75, 3.05) is 13.1 Å². The summed E-state index contributed by atoms with van der Waals surface area (Å²) in [5, 5.41) is 6.03. The first kappa shape index (κ1) is 21.8. The SMILES string of the molecule is CC(C)(C)OC(=O)NCCCNC(=O)CCc1ncc(-c2ccccc2Cl)o1. The van der Waals surface area contributed by atoms with E-state index >= 15 is 0 Å². The maximum Gasteiger partial charge on any atom is 0.407 e. The molecule has 2 aromatic rings. The first-order valence-electron chi connectivity index (χ1n) is 9.18. The molecule has 0 bridgehead atoms. The van der Waals surface area contributed by atoms with Gasteiger partial charge in [0.25, 0.3) is 0 Å². The topological polar surface area (TPSA) is 93.5 Å². The fourth-order valence-electron chi connectivity index (χ4n) is 2.34. The van der Waals surface area contributed by atoms with Gasteiger partial charge < -0.3 is 19.8 Å². The summed E-state index contributed by atoms with van der Waals surface area (Å²) < 4.78 is 10.8. The number of halogens is 1. The van der Waals surface area contributed by atoms with Crippen molar-refractivity contribution in [3.8, 4) is 11.3 Å². The molecule has 0 radical (unpaired) electrons. The molecule has 0 saturated carbocycles. The lowest BCUT2D eigenvalue weighted by molar-refractivity contribution is -0.121. The number of oxazole rings is 1. The number of carbonyl (C=O) groups is 2. The lowest BCUT2D eigenvalue weighted by Crippen LogP contribution is -2.34. The number of ether oxygens (including phenoxy) is 1. The molecule has 152 valence electrons. The van der Waals surface area contributed by atoms with Crippen molar-refractivity contribution in [3.63, 3.8) is 0 Å². The van der Waals surface area contributed by atoms with Crippen LogP contribution in [0.2, 0.25) is 5.02 Å². The number of benzene rings is 1. The van der Waals surface area contributed by atoms with E-state index < -0.39 is 11.7 Å². The zero-order valence-corrected chi connectivity index (χ0v) is 17.1. The Hall–Kier alpha value is -2.54. The predicted octanol–water partition coefficient (Wildman–Crippen LogP) is 3.96. The van der Waals surface area contributed by atoms with Crippen LogP contribution in [-0.4, -0.2) is 35.7 Å². The third kappa shape index (κ3) is 7.60. The van der Waals surface area contributed by atoms with Crippen molar-refractivity contribution in [1.29, 1.82) is 0 Å². The highest BCUT2D eigenvalue weighted by atomic mass is 35.5. The van der Waals surface area contributed by atoms with Gasteiger partial charge in [-0.1, -0.05) is 23.7 Å². The second-order valence-electron chi connectivity index (χ2n) is 7.23. The van der Waals surface area contributed by atoms with Crippen molar-refractivity contribution >= 4 is 23.6 Å². The van der Waals surface area contributed by atoms with E-state index in [9.17, 15) is 9.59 Å². The summed E-state index contributed by atoms with van der Waals surface area (Å²) in [6, 6.07) is 7.35. The molecule has 0 spiro atoms. The molecule has 1 heterocycles. The van der Waals surface area contributed by atoms with E-state index in [2.05, 4.69) is 15.6 Å². The zero-order chi connectivity index (χ0) is 20.6. The second-order valence-corrected chi connectivity index (χ2v) is 7.64. The van der Waals surface area contributed by atoms with Gasteiger partial charge in [0.2, 0.25) is 5.91 Å². The summed E-state index contributed by atoms with van der Waals surface area (Å²) in [5.41, 5.74) is 0.244. The normalized spacial score (nSPS) is 11.1. The fraction of sp³-hybridized carbons (Fsp3) is 0.450. The highest BCUT2D eigenvalue weighted by molar-refractivity contribution is 6.33. The second kappa shape index (κ2) is 10.1. The van der Waals surface area contributed by atoms with Gasteiger partial charge >= 0.3 is 6.09 Å². The van der Waals surface area contributed by atoms with Gasteiger partial charge in [-0.05, 0) is 39.3 Å². The number of carbonyl (C=O) groups excluding carboxylic acids is 2. The van der Waals surface area contributed by atoms with Crippen molar-refractivity contribution < 1.29 is 18.7 Å². The summed E-state index contributed by atoms with van der Waals surface area (Å²) in [4.78, 5) is 27.6. The average Bonchev–Trinajstić information content (AvgIpc) is 3.07. The van der Waals surface area contributed by atoms with Crippen molar-refractivity contribution in [1.82, 2.24) is 15.6 Å². The molecule has 0 atom stereocenters. The van der Waals surface area contributed by atoms with E-state index in [4.69, 9.17) is 20.8 Å². The van der Waals surface area contributed by atoms with Gasteiger partial charge in [-0.2, -0.15) is 0 Å². The minimum Gasteiger partial charge on any atom is -0.444 e. The first-order chi connectivity index (χ1) is 13.2. The first-order valence-corrected chi connectivity index (χ1v) is 9.55. The summed E-state index contributed by atoms with van der Waals surface area (Å²) in [5.74, 6) is 0.959. The molecule has 0 aliphatic heterocycles. The maximum absolute atomic E-state index is 11.9. The Bertz CT molecular complexity index is 799. The van der Waals surface area contributed by atoms with Crippen LogP contribution in [0.5, 0.6) is 0 Å². The van der Waals surface area contributed by atoms with Gasteiger partial charge in [0.1, 0.15) is 5.60 Å². The molecular formula is C20H26ClN3O4. The van der Waals surface area contributed by atoms with Gasteiger partial charge in [0.05, 0.1) is 11.2 Å². The summed E-state index contributed by atoms with van der Waals surface area (Å²) in [6.07, 6.45) is 2.42. The quantitative estimate of drug-likeness (QED) is 0.646. The van der Waals surface area contributed by atoms with Gasteiger partial charge in [0.15, 0.2) is 11.7 Å². The van der Waals surface area contributed by atoms with E-state index in [1.54, 1.807) is 33.0 Å². The number of hydrogen-bond acceptors (Lipinski definition) is 5. The number of amides is 2. The molecule has 0 saturated heterocycles. The molecule has 0 unspecified atom stereocenters. The molecule has 1 aromatic heterocycles. The van der Waals surface area contributed by atoms with Crippen LogP contribution in [0.3, 0.4) is 0 Å². The smallest absolute Gasteiger partial charge is 0.407 e. The predicted molar refractivity (Wildman–Crippen MR) is 107 cm³/mol. The fourth-order valence-corrected chi connectivity index (χ4v) is 2.57. The molecule has 2 amide bonds. The average molecular weight is 408 g/mol. The lowest BCUT2D eigenvalue weighted by atomic mass is 10.2. The van der Waals surface area contributed by atoms with E-state index in [0.29, 0.717) is 42.6 Å². The summed E-state index contributed by atoms with van der Waals surface area (Å²) >= 11 is 6.14. The minimum atomic E-state index is -0.524. The van der Waals surface area contributed by atoms with E-state index in [1.807, 2.05) is 18.2 Å². The molecule has 0 aliphatic rings.